The fraction of sp³-hybridized carbons (Fsp3) is 0.222. The molecular weight excluding hydrogens is 308 g/mol. The van der Waals surface area contributed by atoms with Crippen molar-refractivity contribution in [2.45, 2.75) is 19.9 Å². The van der Waals surface area contributed by atoms with Crippen LogP contribution in [0.2, 0.25) is 0 Å². The standard InChI is InChI=1S/C18H18N2O4/c1-12-2-5-14(6-3-12)20-18(22)9-17(21)19-10-13-4-7-15-16(8-13)24-11-23-15/h2-8H,9-11H2,1H3,(H,19,21)(H,20,22). The number of fused-ring (bicyclic) bond motifs is 1. The van der Waals surface area contributed by atoms with Gasteiger partial charge in [-0.2, -0.15) is 0 Å². The fourth-order valence-corrected chi connectivity index (χ4v) is 2.30. The molecular formula is C18H18N2O4. The highest BCUT2D eigenvalue weighted by Crippen LogP contribution is 2.32. The lowest BCUT2D eigenvalue weighted by atomic mass is 10.2. The minimum atomic E-state index is -0.345. The summed E-state index contributed by atoms with van der Waals surface area (Å²) >= 11 is 0. The van der Waals surface area contributed by atoms with Crippen LogP contribution in [0.5, 0.6) is 11.5 Å². The normalized spacial score (nSPS) is 11.9. The fourth-order valence-electron chi connectivity index (χ4n) is 2.30. The number of amides is 2. The van der Waals surface area contributed by atoms with Crippen LogP contribution in [0.1, 0.15) is 17.5 Å². The van der Waals surface area contributed by atoms with Crippen LogP contribution in [-0.2, 0) is 16.1 Å². The van der Waals surface area contributed by atoms with Gasteiger partial charge in [-0.1, -0.05) is 23.8 Å². The maximum atomic E-state index is 11.9. The van der Waals surface area contributed by atoms with Crippen LogP contribution in [0.15, 0.2) is 42.5 Å². The first-order chi connectivity index (χ1) is 11.6. The molecule has 24 heavy (non-hydrogen) atoms. The van der Waals surface area contributed by atoms with E-state index in [1.807, 2.05) is 31.2 Å². The van der Waals surface area contributed by atoms with E-state index in [0.29, 0.717) is 23.7 Å². The van der Waals surface area contributed by atoms with Gasteiger partial charge in [-0.15, -0.1) is 0 Å². The van der Waals surface area contributed by atoms with E-state index in [-0.39, 0.29) is 25.0 Å². The van der Waals surface area contributed by atoms with Crippen molar-refractivity contribution in [1.82, 2.24) is 5.32 Å². The minimum absolute atomic E-state index is 0.213. The Balaban J connectivity index is 1.46. The lowest BCUT2D eigenvalue weighted by molar-refractivity contribution is -0.126. The van der Waals surface area contributed by atoms with Gasteiger partial charge >= 0.3 is 0 Å². The maximum Gasteiger partial charge on any atom is 0.233 e. The molecule has 0 aliphatic carbocycles. The van der Waals surface area contributed by atoms with E-state index >= 15 is 0 Å². The van der Waals surface area contributed by atoms with Crippen molar-refractivity contribution in [2.24, 2.45) is 0 Å². The molecule has 0 saturated carbocycles. The molecule has 1 aliphatic rings. The summed E-state index contributed by atoms with van der Waals surface area (Å²) < 4.78 is 10.5. The number of hydrogen-bond acceptors (Lipinski definition) is 4. The van der Waals surface area contributed by atoms with Gasteiger partial charge in [0.1, 0.15) is 6.42 Å². The molecule has 0 spiro atoms. The summed E-state index contributed by atoms with van der Waals surface area (Å²) in [4.78, 5) is 23.7. The summed E-state index contributed by atoms with van der Waals surface area (Å²) in [5.74, 6) is 0.681. The van der Waals surface area contributed by atoms with Gasteiger partial charge in [-0.3, -0.25) is 9.59 Å². The van der Waals surface area contributed by atoms with E-state index in [1.54, 1.807) is 18.2 Å². The van der Waals surface area contributed by atoms with Crippen LogP contribution >= 0.6 is 0 Å². The average Bonchev–Trinajstić information content (AvgIpc) is 3.02. The van der Waals surface area contributed by atoms with E-state index in [4.69, 9.17) is 9.47 Å². The molecule has 0 saturated heterocycles. The molecule has 3 rings (SSSR count). The van der Waals surface area contributed by atoms with Gasteiger partial charge in [0.05, 0.1) is 0 Å². The molecule has 6 nitrogen and oxygen atoms in total. The van der Waals surface area contributed by atoms with Crippen LogP contribution in [0.25, 0.3) is 0 Å². The molecule has 1 heterocycles. The van der Waals surface area contributed by atoms with Crippen LogP contribution < -0.4 is 20.1 Å². The molecule has 2 N–H and O–H groups in total. The number of anilines is 1. The van der Waals surface area contributed by atoms with Gasteiger partial charge in [0, 0.05) is 12.2 Å². The summed E-state index contributed by atoms with van der Waals surface area (Å²) in [7, 11) is 0. The largest absolute Gasteiger partial charge is 0.454 e. The number of benzene rings is 2. The third-order valence-electron chi connectivity index (χ3n) is 3.58. The van der Waals surface area contributed by atoms with Crippen molar-refractivity contribution >= 4 is 17.5 Å². The van der Waals surface area contributed by atoms with Gasteiger partial charge in [-0.05, 0) is 36.8 Å². The monoisotopic (exact) mass is 326 g/mol. The smallest absolute Gasteiger partial charge is 0.233 e. The van der Waals surface area contributed by atoms with Crippen molar-refractivity contribution in [1.29, 1.82) is 0 Å². The van der Waals surface area contributed by atoms with Crippen molar-refractivity contribution in [3.05, 3.63) is 53.6 Å². The predicted octanol–water partition coefficient (Wildman–Crippen LogP) is 2.37. The molecule has 0 unspecified atom stereocenters. The van der Waals surface area contributed by atoms with Crippen LogP contribution in [-0.4, -0.2) is 18.6 Å². The van der Waals surface area contributed by atoms with Crippen molar-refractivity contribution in [2.75, 3.05) is 12.1 Å². The highest BCUT2D eigenvalue weighted by molar-refractivity contribution is 6.03. The number of rotatable bonds is 5. The molecule has 6 heteroatoms. The number of ether oxygens (including phenoxy) is 2. The summed E-state index contributed by atoms with van der Waals surface area (Å²) in [6, 6.07) is 12.9. The highest BCUT2D eigenvalue weighted by Gasteiger charge is 2.14. The zero-order chi connectivity index (χ0) is 16.9. The zero-order valence-electron chi connectivity index (χ0n) is 13.3. The van der Waals surface area contributed by atoms with Crippen molar-refractivity contribution in [3.63, 3.8) is 0 Å². The number of nitrogens with one attached hydrogen (secondary N) is 2. The summed E-state index contributed by atoms with van der Waals surface area (Å²) in [5.41, 5.74) is 2.66. The van der Waals surface area contributed by atoms with Gasteiger partial charge in [0.15, 0.2) is 11.5 Å². The third-order valence-corrected chi connectivity index (χ3v) is 3.58. The second-order valence-electron chi connectivity index (χ2n) is 5.56. The Labute approximate surface area is 139 Å². The van der Waals surface area contributed by atoms with Crippen LogP contribution in [0.4, 0.5) is 5.69 Å². The van der Waals surface area contributed by atoms with E-state index in [2.05, 4.69) is 10.6 Å². The van der Waals surface area contributed by atoms with Gasteiger partial charge in [-0.25, -0.2) is 0 Å². The minimum Gasteiger partial charge on any atom is -0.454 e. The molecule has 0 radical (unpaired) electrons. The van der Waals surface area contributed by atoms with Crippen molar-refractivity contribution in [3.8, 4) is 11.5 Å². The Morgan fingerprint density at radius 3 is 2.54 bits per heavy atom. The molecule has 0 aromatic heterocycles. The van der Waals surface area contributed by atoms with Gasteiger partial charge in [0.2, 0.25) is 18.6 Å². The Bertz CT molecular complexity index is 756. The van der Waals surface area contributed by atoms with Crippen molar-refractivity contribution < 1.29 is 19.1 Å². The Hall–Kier alpha value is -3.02. The Morgan fingerprint density at radius 2 is 1.75 bits per heavy atom. The lowest BCUT2D eigenvalue weighted by Crippen LogP contribution is -2.27. The first kappa shape index (κ1) is 15.9. The second-order valence-corrected chi connectivity index (χ2v) is 5.56. The summed E-state index contributed by atoms with van der Waals surface area (Å²) in [6.07, 6.45) is -0.224. The molecule has 2 aromatic rings. The van der Waals surface area contributed by atoms with E-state index in [9.17, 15) is 9.59 Å². The highest BCUT2D eigenvalue weighted by atomic mass is 16.7. The average molecular weight is 326 g/mol. The molecule has 124 valence electrons. The zero-order valence-corrected chi connectivity index (χ0v) is 13.3. The Kier molecular flexibility index (Phi) is 4.65. The molecule has 0 fully saturated rings. The molecule has 0 bridgehead atoms. The van der Waals surface area contributed by atoms with E-state index < -0.39 is 0 Å². The molecule has 2 aromatic carbocycles. The summed E-state index contributed by atoms with van der Waals surface area (Å²) in [6.45, 7) is 2.51. The summed E-state index contributed by atoms with van der Waals surface area (Å²) in [5, 5.41) is 5.42. The number of carbonyl (C=O) groups is 2. The van der Waals surface area contributed by atoms with Crippen LogP contribution in [0, 0.1) is 6.92 Å². The second kappa shape index (κ2) is 7.04. The first-order valence-electron chi connectivity index (χ1n) is 7.62. The molecule has 0 atom stereocenters. The predicted molar refractivity (Wildman–Crippen MR) is 88.8 cm³/mol. The van der Waals surface area contributed by atoms with Gasteiger partial charge in [0.25, 0.3) is 0 Å². The SMILES string of the molecule is Cc1ccc(NC(=O)CC(=O)NCc2ccc3c(c2)OCO3)cc1. The number of hydrogen-bond donors (Lipinski definition) is 2. The molecule has 2 amide bonds. The topological polar surface area (TPSA) is 76.7 Å². The first-order valence-corrected chi connectivity index (χ1v) is 7.62. The van der Waals surface area contributed by atoms with Gasteiger partial charge < -0.3 is 20.1 Å². The number of aryl methyl sites for hydroxylation is 1. The Morgan fingerprint density at radius 1 is 1.00 bits per heavy atom. The van der Waals surface area contributed by atoms with Crippen LogP contribution in [0.3, 0.4) is 0 Å². The number of carbonyl (C=O) groups excluding carboxylic acids is 2. The van der Waals surface area contributed by atoms with E-state index in [1.165, 1.54) is 0 Å². The third kappa shape index (κ3) is 4.04. The maximum absolute atomic E-state index is 11.9. The lowest BCUT2D eigenvalue weighted by Gasteiger charge is -2.07. The quantitative estimate of drug-likeness (QED) is 0.827. The molecule has 1 aliphatic heterocycles. The van der Waals surface area contributed by atoms with E-state index in [0.717, 1.165) is 11.1 Å².